The van der Waals surface area contributed by atoms with Crippen LogP contribution in [0.25, 0.3) is 43.1 Å². The summed E-state index contributed by atoms with van der Waals surface area (Å²) in [6.45, 7) is 0. The van der Waals surface area contributed by atoms with Crippen LogP contribution in [0.1, 0.15) is 20.7 Å². The Bertz CT molecular complexity index is 1910. The average molecular weight is 509 g/mol. The fourth-order valence-electron chi connectivity index (χ4n) is 4.94. The molecule has 0 aliphatic carbocycles. The minimum atomic E-state index is -4.44. The number of fused-ring (bicyclic) bond motifs is 2. The van der Waals surface area contributed by atoms with Gasteiger partial charge in [-0.05, 0) is 50.5 Å². The number of hydrogen-bond acceptors (Lipinski definition) is 6. The highest BCUT2D eigenvalue weighted by Gasteiger charge is 2.27. The first kappa shape index (κ1) is 21.7. The van der Waals surface area contributed by atoms with Crippen molar-refractivity contribution in [2.75, 3.05) is 16.2 Å². The van der Waals surface area contributed by atoms with Crippen molar-refractivity contribution in [3.05, 3.63) is 65.7 Å². The minimum absolute atomic E-state index is 0.268. The van der Waals surface area contributed by atoms with Gasteiger partial charge in [-0.15, -0.1) is 0 Å². The van der Waals surface area contributed by atoms with Crippen molar-refractivity contribution < 1.29 is 31.0 Å². The Morgan fingerprint density at radius 2 is 1.20 bits per heavy atom. The minimum Gasteiger partial charge on any atom is -0.288 e. The van der Waals surface area contributed by atoms with Crippen LogP contribution < -0.4 is 10.0 Å². The number of benzene rings is 5. The molecule has 3 N–H and O–H groups in total. The number of carbonyl (C=O) groups is 2. The summed E-state index contributed by atoms with van der Waals surface area (Å²) in [5, 5.41) is 8.36. The van der Waals surface area contributed by atoms with E-state index in [0.29, 0.717) is 21.9 Å². The summed E-state index contributed by atoms with van der Waals surface area (Å²) in [4.78, 5) is 25.0. The summed E-state index contributed by atoms with van der Waals surface area (Å²) in [6, 6.07) is 15.8. The van der Waals surface area contributed by atoms with Gasteiger partial charge in [-0.1, -0.05) is 36.4 Å². The highest BCUT2D eigenvalue weighted by atomic mass is 32.2. The van der Waals surface area contributed by atoms with E-state index in [2.05, 4.69) is 10.0 Å². The fraction of sp³-hybridized carbons (Fsp3) is 0.0833. The van der Waals surface area contributed by atoms with Crippen LogP contribution in [0.4, 0.5) is 5.69 Å². The first-order chi connectivity index (χ1) is 16.5. The number of carbonyl (C=O) groups excluding carboxylic acids is 2. The molecule has 35 heavy (non-hydrogen) atoms. The molecule has 5 aromatic rings. The quantitative estimate of drug-likeness (QED) is 0.143. The molecular weight excluding hydrogens is 492 g/mol. The molecule has 0 saturated carbocycles. The van der Waals surface area contributed by atoms with Crippen LogP contribution in [0.5, 0.6) is 0 Å². The molecule has 2 amide bonds. The van der Waals surface area contributed by atoms with Crippen molar-refractivity contribution >= 4 is 80.7 Å². The largest absolute Gasteiger partial charge is 0.288 e. The fourth-order valence-corrected chi connectivity index (χ4v) is 7.27. The highest BCUT2D eigenvalue weighted by Crippen LogP contribution is 2.44. The summed E-state index contributed by atoms with van der Waals surface area (Å²) in [5.74, 6) is -2.62. The third kappa shape index (κ3) is 3.31. The zero-order valence-corrected chi connectivity index (χ0v) is 19.5. The van der Waals surface area contributed by atoms with Crippen molar-refractivity contribution in [1.82, 2.24) is 5.32 Å². The van der Waals surface area contributed by atoms with Crippen LogP contribution in [0.3, 0.4) is 0 Å². The van der Waals surface area contributed by atoms with Gasteiger partial charge in [-0.25, -0.2) is 8.42 Å². The topological polar surface area (TPSA) is 147 Å². The number of hydrogen-bond donors (Lipinski definition) is 3. The normalized spacial score (nSPS) is 14.3. The van der Waals surface area contributed by atoms with Crippen molar-refractivity contribution in [3.8, 4) is 0 Å². The molecule has 5 aromatic carbocycles. The van der Waals surface area contributed by atoms with Gasteiger partial charge in [0.1, 0.15) is 0 Å². The van der Waals surface area contributed by atoms with Crippen molar-refractivity contribution in [3.63, 3.8) is 0 Å². The Morgan fingerprint density at radius 1 is 0.657 bits per heavy atom. The van der Waals surface area contributed by atoms with Crippen LogP contribution >= 0.6 is 0 Å². The average Bonchev–Trinajstić information content (AvgIpc) is 2.80. The molecule has 6 rings (SSSR count). The zero-order chi connectivity index (χ0) is 24.7. The zero-order valence-electron chi connectivity index (χ0n) is 17.8. The van der Waals surface area contributed by atoms with Crippen molar-refractivity contribution in [2.24, 2.45) is 0 Å². The van der Waals surface area contributed by atoms with E-state index in [1.165, 1.54) is 0 Å². The lowest BCUT2D eigenvalue weighted by atomic mass is 9.85. The van der Waals surface area contributed by atoms with Gasteiger partial charge in [0.2, 0.25) is 10.0 Å². The first-order valence-electron chi connectivity index (χ1n) is 10.5. The molecule has 1 aliphatic heterocycles. The smallest absolute Gasteiger partial charge is 0.265 e. The van der Waals surface area contributed by atoms with Gasteiger partial charge in [-0.3, -0.25) is 24.2 Å². The number of anilines is 1. The predicted molar refractivity (Wildman–Crippen MR) is 133 cm³/mol. The van der Waals surface area contributed by atoms with E-state index in [1.54, 1.807) is 36.4 Å². The van der Waals surface area contributed by atoms with Gasteiger partial charge in [-0.2, -0.15) is 8.42 Å². The third-order valence-corrected chi connectivity index (χ3v) is 8.62. The number of amides is 2. The molecule has 1 heterocycles. The second kappa shape index (κ2) is 7.11. The van der Waals surface area contributed by atoms with Crippen molar-refractivity contribution in [2.45, 2.75) is 0 Å². The maximum atomic E-state index is 12.5. The van der Waals surface area contributed by atoms with E-state index in [4.69, 9.17) is 4.55 Å². The highest BCUT2D eigenvalue weighted by molar-refractivity contribution is 7.94. The van der Waals surface area contributed by atoms with E-state index in [0.717, 1.165) is 32.3 Å². The standard InChI is InChI=1S/C24H16N2O7S2/c27-23-17-6-4-14-12-2-1-3-16-19(26-34(29,30)10-11-35(31,32)33)9-8-13(20(12)16)15-5-7-18(24(28)25-23)22(17)21(14)15/h1-9,26H,10-11H2,(H,25,27,28)(H,31,32,33). The first-order valence-corrected chi connectivity index (χ1v) is 13.8. The van der Waals surface area contributed by atoms with Gasteiger partial charge < -0.3 is 0 Å². The number of nitrogens with one attached hydrogen (secondary N) is 2. The summed E-state index contributed by atoms with van der Waals surface area (Å²) >= 11 is 0. The Morgan fingerprint density at radius 3 is 1.83 bits per heavy atom. The lowest BCUT2D eigenvalue weighted by Gasteiger charge is -2.21. The van der Waals surface area contributed by atoms with Gasteiger partial charge >= 0.3 is 0 Å². The molecular formula is C24H16N2O7S2. The van der Waals surface area contributed by atoms with E-state index in [1.807, 2.05) is 18.2 Å². The molecule has 0 atom stereocenters. The summed E-state index contributed by atoms with van der Waals surface area (Å²) < 4.78 is 58.4. The third-order valence-electron chi connectivity index (χ3n) is 6.37. The maximum Gasteiger partial charge on any atom is 0.265 e. The summed E-state index contributed by atoms with van der Waals surface area (Å²) in [7, 11) is -8.51. The molecule has 0 bridgehead atoms. The second-order valence-corrected chi connectivity index (χ2v) is 11.9. The van der Waals surface area contributed by atoms with Gasteiger partial charge in [0.15, 0.2) is 0 Å². The monoisotopic (exact) mass is 508 g/mol. The Hall–Kier alpha value is -3.80. The predicted octanol–water partition coefficient (Wildman–Crippen LogP) is 3.25. The van der Waals surface area contributed by atoms with E-state index < -0.39 is 43.5 Å². The number of rotatable bonds is 5. The summed E-state index contributed by atoms with van der Waals surface area (Å²) in [5.41, 5.74) is 1.10. The molecule has 0 radical (unpaired) electrons. The lowest BCUT2D eigenvalue weighted by Crippen LogP contribution is -2.34. The van der Waals surface area contributed by atoms with E-state index >= 15 is 0 Å². The molecule has 11 heteroatoms. The molecule has 0 fully saturated rings. The molecule has 0 saturated heterocycles. The van der Waals surface area contributed by atoms with Crippen molar-refractivity contribution in [1.29, 1.82) is 0 Å². The van der Waals surface area contributed by atoms with Crippen LogP contribution in [-0.2, 0) is 20.1 Å². The Kier molecular flexibility index (Phi) is 4.41. The van der Waals surface area contributed by atoms with Gasteiger partial charge in [0.25, 0.3) is 21.9 Å². The molecule has 176 valence electrons. The molecule has 1 aliphatic rings. The summed E-state index contributed by atoms with van der Waals surface area (Å²) in [6.07, 6.45) is 0. The van der Waals surface area contributed by atoms with E-state index in [-0.39, 0.29) is 5.69 Å². The van der Waals surface area contributed by atoms with Gasteiger partial charge in [0, 0.05) is 21.9 Å². The molecule has 0 aromatic heterocycles. The molecule has 9 nitrogen and oxygen atoms in total. The number of sulfonamides is 1. The van der Waals surface area contributed by atoms with Crippen LogP contribution in [0.15, 0.2) is 54.6 Å². The SMILES string of the molecule is O=C1NC(=O)c2ccc3c4ccc(NS(=O)(=O)CCS(=O)(=O)O)c5cccc(c6ccc1c2c63)c54. The van der Waals surface area contributed by atoms with Gasteiger partial charge in [0.05, 0.1) is 17.2 Å². The van der Waals surface area contributed by atoms with Crippen LogP contribution in [0.2, 0.25) is 0 Å². The van der Waals surface area contributed by atoms with E-state index in [9.17, 15) is 26.4 Å². The maximum absolute atomic E-state index is 12.5. The molecule has 0 unspecified atom stereocenters. The van der Waals surface area contributed by atoms with Crippen LogP contribution in [-0.4, -0.2) is 44.7 Å². The van der Waals surface area contributed by atoms with Crippen LogP contribution in [0, 0.1) is 0 Å². The lowest BCUT2D eigenvalue weighted by molar-refractivity contribution is 0.0845. The Balaban J connectivity index is 1.64. The number of imide groups is 1. The second-order valence-electron chi connectivity index (χ2n) is 8.45. The Labute approximate surface area is 198 Å². The molecule has 0 spiro atoms.